The smallest absolute Gasteiger partial charge is 0.306 e. The molecule has 2 fully saturated rings. The van der Waals surface area contributed by atoms with Gasteiger partial charge in [0.2, 0.25) is 5.12 Å². The number of rotatable bonds is 2. The highest BCUT2D eigenvalue weighted by molar-refractivity contribution is 8.14. The zero-order valence-electron chi connectivity index (χ0n) is 9.39. The van der Waals surface area contributed by atoms with Gasteiger partial charge in [-0.15, -0.1) is 0 Å². The zero-order valence-corrected chi connectivity index (χ0v) is 10.2. The molecule has 0 aromatic carbocycles. The number of thioether (sulfide) groups is 1. The van der Waals surface area contributed by atoms with E-state index in [0.29, 0.717) is 0 Å². The molecule has 0 spiro atoms. The second-order valence-corrected chi connectivity index (χ2v) is 5.52. The second-order valence-electron chi connectivity index (χ2n) is 4.28. The topological polar surface area (TPSA) is 61.8 Å². The van der Waals surface area contributed by atoms with Crippen molar-refractivity contribution in [2.24, 2.45) is 0 Å². The summed E-state index contributed by atoms with van der Waals surface area (Å²) in [7, 11) is 1.33. The maximum Gasteiger partial charge on any atom is 0.306 e. The number of carbonyl (C=O) groups is 2. The quantitative estimate of drug-likeness (QED) is 0.669. The van der Waals surface area contributed by atoms with E-state index in [1.165, 1.54) is 7.11 Å². The van der Waals surface area contributed by atoms with Crippen LogP contribution in [0.15, 0.2) is 0 Å². The minimum absolute atomic E-state index is 0.0653. The van der Waals surface area contributed by atoms with Crippen molar-refractivity contribution < 1.29 is 23.8 Å². The molecular formula is C10H14O5S. The van der Waals surface area contributed by atoms with Gasteiger partial charge in [-0.2, -0.15) is 0 Å². The number of ether oxygens (including phenoxy) is 3. The van der Waals surface area contributed by atoms with Gasteiger partial charge in [0.1, 0.15) is 6.10 Å². The van der Waals surface area contributed by atoms with Gasteiger partial charge < -0.3 is 14.2 Å². The molecule has 16 heavy (non-hydrogen) atoms. The third-order valence-electron chi connectivity index (χ3n) is 2.59. The first kappa shape index (κ1) is 11.9. The Kier molecular flexibility index (Phi) is 2.98. The molecule has 2 saturated heterocycles. The predicted molar refractivity (Wildman–Crippen MR) is 56.8 cm³/mol. The number of fused-ring (bicyclic) bond motifs is 1. The lowest BCUT2D eigenvalue weighted by molar-refractivity contribution is -0.154. The summed E-state index contributed by atoms with van der Waals surface area (Å²) in [5.74, 6) is -1.08. The van der Waals surface area contributed by atoms with Gasteiger partial charge in [-0.05, 0) is 13.8 Å². The van der Waals surface area contributed by atoms with Gasteiger partial charge in [-0.3, -0.25) is 9.59 Å². The van der Waals surface area contributed by atoms with Gasteiger partial charge in [0.05, 0.1) is 18.8 Å². The number of hydrogen-bond acceptors (Lipinski definition) is 6. The molecule has 2 aliphatic rings. The van der Waals surface area contributed by atoms with E-state index < -0.39 is 11.9 Å². The Balaban J connectivity index is 2.07. The summed E-state index contributed by atoms with van der Waals surface area (Å²) < 4.78 is 15.7. The standard InChI is InChI=1S/C10H14O5S/c1-10(2)14-7-5(4-6(11)13-3)16-9(12)8(7)15-10/h5,7-8H,4H2,1-3H3/t5?,7-,8-/m0/s1. The third-order valence-corrected chi connectivity index (χ3v) is 3.79. The Bertz CT molecular complexity index is 327. The Morgan fingerprint density at radius 1 is 1.50 bits per heavy atom. The van der Waals surface area contributed by atoms with Crippen LogP contribution >= 0.6 is 11.8 Å². The molecule has 0 radical (unpaired) electrons. The molecule has 0 aliphatic carbocycles. The molecule has 0 saturated carbocycles. The van der Waals surface area contributed by atoms with Crippen LogP contribution in [0, 0.1) is 0 Å². The van der Waals surface area contributed by atoms with Gasteiger partial charge in [0.25, 0.3) is 0 Å². The van der Waals surface area contributed by atoms with Gasteiger partial charge >= 0.3 is 5.97 Å². The first-order chi connectivity index (χ1) is 7.43. The molecule has 90 valence electrons. The largest absolute Gasteiger partial charge is 0.469 e. The van der Waals surface area contributed by atoms with Crippen LogP contribution in [-0.4, -0.2) is 41.4 Å². The molecule has 0 aromatic rings. The van der Waals surface area contributed by atoms with E-state index in [1.807, 2.05) is 0 Å². The van der Waals surface area contributed by atoms with E-state index in [2.05, 4.69) is 4.74 Å². The van der Waals surface area contributed by atoms with Crippen molar-refractivity contribution >= 4 is 22.8 Å². The average molecular weight is 246 g/mol. The molecule has 2 heterocycles. The molecule has 0 N–H and O–H groups in total. The number of carbonyl (C=O) groups excluding carboxylic acids is 2. The molecule has 3 atom stereocenters. The van der Waals surface area contributed by atoms with Crippen LogP contribution < -0.4 is 0 Å². The maximum absolute atomic E-state index is 11.6. The van der Waals surface area contributed by atoms with Crippen LogP contribution in [0.25, 0.3) is 0 Å². The summed E-state index contributed by atoms with van der Waals surface area (Å²) in [5, 5.41) is -0.267. The number of esters is 1. The molecule has 0 aromatic heterocycles. The van der Waals surface area contributed by atoms with E-state index in [0.717, 1.165) is 11.8 Å². The van der Waals surface area contributed by atoms with E-state index in [1.54, 1.807) is 13.8 Å². The summed E-state index contributed by atoms with van der Waals surface area (Å²) in [6.07, 6.45) is -0.714. The highest BCUT2D eigenvalue weighted by Crippen LogP contribution is 2.43. The lowest BCUT2D eigenvalue weighted by Crippen LogP contribution is -2.30. The molecule has 2 rings (SSSR count). The molecule has 5 nitrogen and oxygen atoms in total. The first-order valence-electron chi connectivity index (χ1n) is 5.06. The minimum atomic E-state index is -0.750. The third kappa shape index (κ3) is 2.09. The average Bonchev–Trinajstić information content (AvgIpc) is 2.64. The van der Waals surface area contributed by atoms with Crippen molar-refractivity contribution in [1.29, 1.82) is 0 Å². The molecular weight excluding hydrogens is 232 g/mol. The summed E-state index contributed by atoms with van der Waals surface area (Å²) in [6, 6.07) is 0. The SMILES string of the molecule is COC(=O)CC1SC(=O)[C@H]2OC(C)(C)O[C@@H]12. The fourth-order valence-electron chi connectivity index (χ4n) is 1.93. The Labute approximate surface area is 97.8 Å². The van der Waals surface area contributed by atoms with Gasteiger partial charge in [-0.1, -0.05) is 11.8 Å². The van der Waals surface area contributed by atoms with Crippen LogP contribution in [-0.2, 0) is 23.8 Å². The van der Waals surface area contributed by atoms with Crippen LogP contribution in [0.3, 0.4) is 0 Å². The number of methoxy groups -OCH3 is 1. The van der Waals surface area contributed by atoms with Crippen LogP contribution in [0.4, 0.5) is 0 Å². The van der Waals surface area contributed by atoms with E-state index in [4.69, 9.17) is 9.47 Å². The van der Waals surface area contributed by atoms with E-state index >= 15 is 0 Å². The highest BCUT2D eigenvalue weighted by Gasteiger charge is 2.54. The Morgan fingerprint density at radius 2 is 2.19 bits per heavy atom. The molecule has 6 heteroatoms. The predicted octanol–water partition coefficient (Wildman–Crippen LogP) is 0.712. The van der Waals surface area contributed by atoms with Gasteiger partial charge in [-0.25, -0.2) is 0 Å². The second kappa shape index (κ2) is 4.01. The lowest BCUT2D eigenvalue weighted by atomic mass is 10.1. The minimum Gasteiger partial charge on any atom is -0.469 e. The molecule has 2 aliphatic heterocycles. The van der Waals surface area contributed by atoms with E-state index in [-0.39, 0.29) is 28.9 Å². The maximum atomic E-state index is 11.6. The van der Waals surface area contributed by atoms with Crippen LogP contribution in [0.5, 0.6) is 0 Å². The van der Waals surface area contributed by atoms with Crippen molar-refractivity contribution in [3.05, 3.63) is 0 Å². The molecule has 0 bridgehead atoms. The fourth-order valence-corrected chi connectivity index (χ4v) is 3.10. The number of hydrogen-bond donors (Lipinski definition) is 0. The van der Waals surface area contributed by atoms with Crippen molar-refractivity contribution in [1.82, 2.24) is 0 Å². The zero-order chi connectivity index (χ0) is 11.9. The monoisotopic (exact) mass is 246 g/mol. The first-order valence-corrected chi connectivity index (χ1v) is 5.94. The fraction of sp³-hybridized carbons (Fsp3) is 0.800. The summed E-state index contributed by atoms with van der Waals surface area (Å²) >= 11 is 1.11. The summed E-state index contributed by atoms with van der Waals surface area (Å²) in [4.78, 5) is 22.8. The van der Waals surface area contributed by atoms with Gasteiger partial charge in [0.15, 0.2) is 11.9 Å². The van der Waals surface area contributed by atoms with Crippen LogP contribution in [0.1, 0.15) is 20.3 Å². The highest BCUT2D eigenvalue weighted by atomic mass is 32.2. The van der Waals surface area contributed by atoms with Crippen LogP contribution in [0.2, 0.25) is 0 Å². The Morgan fingerprint density at radius 3 is 2.81 bits per heavy atom. The lowest BCUT2D eigenvalue weighted by Gasteiger charge is -2.20. The van der Waals surface area contributed by atoms with Crippen molar-refractivity contribution in [3.63, 3.8) is 0 Å². The van der Waals surface area contributed by atoms with E-state index in [9.17, 15) is 9.59 Å². The van der Waals surface area contributed by atoms with Gasteiger partial charge in [0, 0.05) is 0 Å². The molecule has 1 unspecified atom stereocenters. The van der Waals surface area contributed by atoms with Crippen molar-refractivity contribution in [3.8, 4) is 0 Å². The normalized spacial score (nSPS) is 36.2. The summed E-state index contributed by atoms with van der Waals surface area (Å²) in [6.45, 7) is 3.52. The Hall–Kier alpha value is -0.590. The summed E-state index contributed by atoms with van der Waals surface area (Å²) in [5.41, 5.74) is 0. The van der Waals surface area contributed by atoms with Crippen molar-refractivity contribution in [2.45, 2.75) is 43.5 Å². The molecule has 0 amide bonds. The van der Waals surface area contributed by atoms with Crippen molar-refractivity contribution in [2.75, 3.05) is 7.11 Å².